The Morgan fingerprint density at radius 3 is 2.20 bits per heavy atom. The molecule has 1 fully saturated rings. The third-order valence-corrected chi connectivity index (χ3v) is 5.96. The third-order valence-electron chi connectivity index (χ3n) is 5.96. The molecule has 166 valence electrons. The summed E-state index contributed by atoms with van der Waals surface area (Å²) in [4.78, 5) is 4.31. The fourth-order valence-electron chi connectivity index (χ4n) is 4.03. The van der Waals surface area contributed by atoms with Crippen LogP contribution in [0.5, 0.6) is 0 Å². The van der Waals surface area contributed by atoms with Crippen LogP contribution in [0.4, 0.5) is 0 Å². The van der Waals surface area contributed by atoms with Crippen LogP contribution in [0.25, 0.3) is 16.3 Å². The highest BCUT2D eigenvalue weighted by molar-refractivity contribution is 5.83. The minimum atomic E-state index is 0.971. The molecule has 1 aliphatic carbocycles. The quantitative estimate of drug-likeness (QED) is 0.434. The maximum atomic E-state index is 4.31. The smallest absolute Gasteiger partial charge is 0.0659 e. The van der Waals surface area contributed by atoms with Crippen molar-refractivity contribution in [1.82, 2.24) is 4.98 Å². The van der Waals surface area contributed by atoms with E-state index in [2.05, 4.69) is 64.0 Å². The van der Waals surface area contributed by atoms with Gasteiger partial charge in [0.1, 0.15) is 0 Å². The van der Waals surface area contributed by atoms with Crippen molar-refractivity contribution < 1.29 is 0 Å². The minimum Gasteiger partial charge on any atom is -0.256 e. The molecule has 0 N–H and O–H groups in total. The second-order valence-corrected chi connectivity index (χ2v) is 9.07. The summed E-state index contributed by atoms with van der Waals surface area (Å²) in [6.07, 6.45) is 14.6. The van der Waals surface area contributed by atoms with Crippen LogP contribution in [0.3, 0.4) is 0 Å². The number of benzene rings is 1. The molecule has 2 atom stereocenters. The predicted molar refractivity (Wildman–Crippen MR) is 137 cm³/mol. The number of allylic oxidation sites excluding steroid dienone is 2. The Labute approximate surface area is 186 Å². The monoisotopic (exact) mass is 407 g/mol. The van der Waals surface area contributed by atoms with Crippen LogP contribution < -0.4 is 0 Å². The van der Waals surface area contributed by atoms with Gasteiger partial charge in [-0.05, 0) is 49.1 Å². The van der Waals surface area contributed by atoms with Gasteiger partial charge in [0, 0.05) is 11.6 Å². The lowest BCUT2D eigenvalue weighted by molar-refractivity contribution is 0.237. The molecular weight excluding hydrogens is 362 g/mol. The van der Waals surface area contributed by atoms with Crippen molar-refractivity contribution >= 4 is 16.3 Å². The first-order valence-corrected chi connectivity index (χ1v) is 12.0. The van der Waals surface area contributed by atoms with Crippen LogP contribution >= 0.6 is 0 Å². The number of hydrogen-bond acceptors (Lipinski definition) is 1. The van der Waals surface area contributed by atoms with Gasteiger partial charge in [0.15, 0.2) is 0 Å². The summed E-state index contributed by atoms with van der Waals surface area (Å²) in [5.74, 6) is 2.10. The Morgan fingerprint density at radius 2 is 1.67 bits per heavy atom. The van der Waals surface area contributed by atoms with E-state index in [0.29, 0.717) is 0 Å². The molecule has 1 aromatic heterocycles. The molecule has 0 aliphatic heterocycles. The molecule has 2 aromatic rings. The summed E-state index contributed by atoms with van der Waals surface area (Å²) in [6.45, 7) is 18.5. The van der Waals surface area contributed by atoms with Gasteiger partial charge >= 0.3 is 0 Å². The summed E-state index contributed by atoms with van der Waals surface area (Å²) in [7, 11) is 0. The van der Waals surface area contributed by atoms with E-state index in [4.69, 9.17) is 0 Å². The fourth-order valence-corrected chi connectivity index (χ4v) is 4.03. The highest BCUT2D eigenvalue weighted by Crippen LogP contribution is 2.32. The van der Waals surface area contributed by atoms with Crippen molar-refractivity contribution in [3.63, 3.8) is 0 Å². The maximum absolute atomic E-state index is 4.31. The molecule has 0 radical (unpaired) electrons. The second-order valence-electron chi connectivity index (χ2n) is 9.07. The second kappa shape index (κ2) is 15.0. The lowest BCUT2D eigenvalue weighted by Crippen LogP contribution is -2.16. The fraction of sp³-hybridized carbons (Fsp3) is 0.552. The minimum absolute atomic E-state index is 0.971. The number of rotatable bonds is 6. The van der Waals surface area contributed by atoms with Crippen LogP contribution in [0.2, 0.25) is 0 Å². The Kier molecular flexibility index (Phi) is 13.1. The van der Waals surface area contributed by atoms with Gasteiger partial charge in [-0.1, -0.05) is 109 Å². The first-order valence-electron chi connectivity index (χ1n) is 12.0. The molecule has 1 heteroatoms. The van der Waals surface area contributed by atoms with Gasteiger partial charge in [0.2, 0.25) is 0 Å². The number of pyridine rings is 1. The van der Waals surface area contributed by atoms with Gasteiger partial charge in [-0.25, -0.2) is 0 Å². The van der Waals surface area contributed by atoms with Crippen LogP contribution in [0, 0.1) is 11.8 Å². The highest BCUT2D eigenvalue weighted by atomic mass is 14.7. The predicted octanol–water partition coefficient (Wildman–Crippen LogP) is 9.63. The van der Waals surface area contributed by atoms with Crippen LogP contribution in [-0.2, 0) is 0 Å². The molecule has 1 heterocycles. The van der Waals surface area contributed by atoms with E-state index in [1.54, 1.807) is 0 Å². The van der Waals surface area contributed by atoms with E-state index in [0.717, 1.165) is 23.1 Å². The van der Waals surface area contributed by atoms with Crippen LogP contribution in [-0.4, -0.2) is 4.98 Å². The van der Waals surface area contributed by atoms with E-state index in [9.17, 15) is 0 Å². The number of fused-ring (bicyclic) bond motifs is 1. The molecule has 0 saturated heterocycles. The highest BCUT2D eigenvalue weighted by Gasteiger charge is 2.19. The van der Waals surface area contributed by atoms with Gasteiger partial charge in [-0.15, -0.1) is 6.58 Å². The van der Waals surface area contributed by atoms with E-state index < -0.39 is 0 Å². The Bertz CT molecular complexity index is 758. The van der Waals surface area contributed by atoms with Gasteiger partial charge < -0.3 is 0 Å². The van der Waals surface area contributed by atoms with Crippen molar-refractivity contribution in [2.45, 2.75) is 92.4 Å². The molecule has 1 nitrogen and oxygen atoms in total. The Morgan fingerprint density at radius 1 is 1.00 bits per heavy atom. The Balaban J connectivity index is 0.000000242. The lowest BCUT2D eigenvalue weighted by Gasteiger charge is -2.28. The van der Waals surface area contributed by atoms with Crippen molar-refractivity contribution in [1.29, 1.82) is 0 Å². The maximum Gasteiger partial charge on any atom is 0.0659 e. The van der Waals surface area contributed by atoms with Gasteiger partial charge in [-0.2, -0.15) is 0 Å². The number of nitrogens with zero attached hydrogens (tertiary/aromatic N) is 1. The normalized spacial score (nSPS) is 17.9. The summed E-state index contributed by atoms with van der Waals surface area (Å²) in [5, 5.41) is 2.39. The summed E-state index contributed by atoms with van der Waals surface area (Å²) in [6, 6.07) is 10.3. The van der Waals surface area contributed by atoms with E-state index >= 15 is 0 Å². The van der Waals surface area contributed by atoms with Crippen LogP contribution in [0.15, 0.2) is 55.3 Å². The van der Waals surface area contributed by atoms with Gasteiger partial charge in [-0.3, -0.25) is 4.98 Å². The van der Waals surface area contributed by atoms with E-state index in [1.165, 1.54) is 74.1 Å². The molecule has 1 aromatic carbocycles. The largest absolute Gasteiger partial charge is 0.256 e. The number of hydrogen-bond donors (Lipinski definition) is 0. The van der Waals surface area contributed by atoms with Gasteiger partial charge in [0.05, 0.1) is 5.69 Å². The first-order chi connectivity index (χ1) is 14.4. The van der Waals surface area contributed by atoms with Crippen LogP contribution in [0.1, 0.15) is 98.1 Å². The van der Waals surface area contributed by atoms with Crippen molar-refractivity contribution in [3.05, 3.63) is 61.0 Å². The summed E-state index contributed by atoms with van der Waals surface area (Å²) >= 11 is 0. The molecule has 3 rings (SSSR count). The van der Waals surface area contributed by atoms with Gasteiger partial charge in [0.25, 0.3) is 0 Å². The zero-order valence-corrected chi connectivity index (χ0v) is 20.3. The summed E-state index contributed by atoms with van der Waals surface area (Å²) in [5.41, 5.74) is 3.27. The van der Waals surface area contributed by atoms with Crippen molar-refractivity contribution in [2.24, 2.45) is 11.8 Å². The number of unbranched alkanes of at least 4 members (excludes halogenated alkanes) is 1. The van der Waals surface area contributed by atoms with E-state index in [-0.39, 0.29) is 0 Å². The molecule has 0 bridgehead atoms. The first kappa shape index (κ1) is 26.1. The SMILES string of the molecule is C=C(C)CCC.C=C(C)c1cc2ccccc2cn1.CCCCC1CCCCC1C. The molecule has 0 spiro atoms. The lowest BCUT2D eigenvalue weighted by atomic mass is 9.78. The third kappa shape index (κ3) is 10.2. The number of aromatic nitrogens is 1. The molecule has 0 amide bonds. The zero-order chi connectivity index (χ0) is 22.4. The zero-order valence-electron chi connectivity index (χ0n) is 20.3. The molecule has 1 aliphatic rings. The molecular formula is C29H45N. The standard InChI is InChI=1S/C12H11N.C11H22.C6H12/c1-9(2)12-7-10-5-3-4-6-11(10)8-13-12;1-3-4-8-11-9-6-5-7-10(11)2;1-4-5-6(2)3/h3-8H,1H2,2H3;10-11H,3-9H2,1-2H3;2,4-5H2,1,3H3. The average Bonchev–Trinajstić information content (AvgIpc) is 2.73. The van der Waals surface area contributed by atoms with Crippen molar-refractivity contribution in [3.8, 4) is 0 Å². The van der Waals surface area contributed by atoms with E-state index in [1.807, 2.05) is 25.3 Å². The summed E-state index contributed by atoms with van der Waals surface area (Å²) < 4.78 is 0. The molecule has 2 unspecified atom stereocenters. The topological polar surface area (TPSA) is 12.9 Å². The average molecular weight is 408 g/mol. The Hall–Kier alpha value is -1.89. The molecule has 1 saturated carbocycles. The van der Waals surface area contributed by atoms with Crippen molar-refractivity contribution in [2.75, 3.05) is 0 Å². The molecule has 30 heavy (non-hydrogen) atoms.